The predicted molar refractivity (Wildman–Crippen MR) is 109 cm³/mol. The van der Waals surface area contributed by atoms with Gasteiger partial charge in [-0.1, -0.05) is 50.2 Å². The third-order valence-corrected chi connectivity index (χ3v) is 5.27. The topological polar surface area (TPSA) is 35.6 Å². The molecule has 1 amide bonds. The van der Waals surface area contributed by atoms with Crippen LogP contribution in [0.15, 0.2) is 48.5 Å². The molecule has 1 heterocycles. The molecule has 4 nitrogen and oxygen atoms in total. The maximum atomic E-state index is 13.2. The van der Waals surface area contributed by atoms with E-state index in [1.807, 2.05) is 36.4 Å². The minimum absolute atomic E-state index is 0.0286. The van der Waals surface area contributed by atoms with E-state index < -0.39 is 0 Å². The van der Waals surface area contributed by atoms with Gasteiger partial charge in [0.25, 0.3) is 0 Å². The van der Waals surface area contributed by atoms with E-state index in [0.29, 0.717) is 0 Å². The van der Waals surface area contributed by atoms with Gasteiger partial charge in [-0.15, -0.1) is 0 Å². The van der Waals surface area contributed by atoms with Crippen LogP contribution in [-0.2, 0) is 11.2 Å². The molecular weight excluding hydrogens is 322 g/mol. The lowest BCUT2D eigenvalue weighted by Gasteiger charge is -2.29. The van der Waals surface area contributed by atoms with Crippen LogP contribution in [0.3, 0.4) is 0 Å². The molecule has 0 saturated heterocycles. The van der Waals surface area contributed by atoms with Gasteiger partial charge in [0, 0.05) is 24.5 Å². The maximum absolute atomic E-state index is 13.2. The Balaban J connectivity index is 1.84. The Morgan fingerprint density at radius 2 is 1.85 bits per heavy atom. The zero-order valence-corrected chi connectivity index (χ0v) is 16.0. The summed E-state index contributed by atoms with van der Waals surface area (Å²) in [5, 5.41) is 3.16. The van der Waals surface area contributed by atoms with E-state index in [9.17, 15) is 4.79 Å². The third-order valence-electron chi connectivity index (χ3n) is 5.27. The number of hydrogen-bond donors (Lipinski definition) is 1. The number of carbonyl (C=O) groups excluding carboxylic acids is 1. The zero-order valence-electron chi connectivity index (χ0n) is 16.0. The molecule has 0 spiro atoms. The molecule has 138 valence electrons. The van der Waals surface area contributed by atoms with E-state index >= 15 is 0 Å². The van der Waals surface area contributed by atoms with E-state index in [0.717, 1.165) is 43.9 Å². The Kier molecular flexibility index (Phi) is 5.94. The fourth-order valence-corrected chi connectivity index (χ4v) is 3.81. The Labute approximate surface area is 156 Å². The summed E-state index contributed by atoms with van der Waals surface area (Å²) >= 11 is 0. The first-order valence-electron chi connectivity index (χ1n) is 9.65. The van der Waals surface area contributed by atoms with Gasteiger partial charge in [0.1, 0.15) is 6.04 Å². The van der Waals surface area contributed by atoms with Crippen LogP contribution in [0.4, 0.5) is 11.4 Å². The molecule has 1 N–H and O–H groups in total. The number of anilines is 2. The first-order chi connectivity index (χ1) is 12.7. The highest BCUT2D eigenvalue weighted by molar-refractivity contribution is 5.96. The number of nitrogens with one attached hydrogen (secondary N) is 1. The van der Waals surface area contributed by atoms with Gasteiger partial charge in [0.15, 0.2) is 0 Å². The minimum atomic E-state index is -0.276. The Morgan fingerprint density at radius 3 is 2.50 bits per heavy atom. The second-order valence-corrected chi connectivity index (χ2v) is 6.70. The molecule has 1 atom stereocenters. The van der Waals surface area contributed by atoms with Gasteiger partial charge in [-0.05, 0) is 49.7 Å². The lowest BCUT2D eigenvalue weighted by Crippen LogP contribution is -2.37. The number of rotatable bonds is 7. The summed E-state index contributed by atoms with van der Waals surface area (Å²) in [5.74, 6) is 0.0286. The molecule has 2 aromatic rings. The van der Waals surface area contributed by atoms with E-state index in [1.165, 1.54) is 11.3 Å². The Hall–Kier alpha value is -2.33. The molecule has 0 bridgehead atoms. The number of carbonyl (C=O) groups is 1. The second kappa shape index (κ2) is 8.37. The van der Waals surface area contributed by atoms with Crippen molar-refractivity contribution in [3.63, 3.8) is 0 Å². The SMILES string of the molecule is CCN1CCc2ccc(NC(=O)C(c3ccccc3)N(CC)CC)cc21. The van der Waals surface area contributed by atoms with Crippen LogP contribution < -0.4 is 10.2 Å². The quantitative estimate of drug-likeness (QED) is 0.816. The summed E-state index contributed by atoms with van der Waals surface area (Å²) in [5.41, 5.74) is 4.53. The zero-order chi connectivity index (χ0) is 18.5. The van der Waals surface area contributed by atoms with Crippen LogP contribution in [-0.4, -0.2) is 37.0 Å². The largest absolute Gasteiger partial charge is 0.371 e. The molecule has 0 fully saturated rings. The third kappa shape index (κ3) is 3.75. The van der Waals surface area contributed by atoms with E-state index in [2.05, 4.69) is 48.0 Å². The summed E-state index contributed by atoms with van der Waals surface area (Å²) in [6, 6.07) is 16.1. The van der Waals surface area contributed by atoms with E-state index in [1.54, 1.807) is 0 Å². The summed E-state index contributed by atoms with van der Waals surface area (Å²) in [7, 11) is 0. The standard InChI is InChI=1S/C22H29N3O/c1-4-24(5-2)21(18-10-8-7-9-11-18)22(26)23-19-13-12-17-14-15-25(6-3)20(17)16-19/h7-13,16,21H,4-6,14-15H2,1-3H3,(H,23,26). The highest BCUT2D eigenvalue weighted by Gasteiger charge is 2.26. The smallest absolute Gasteiger partial charge is 0.246 e. The number of nitrogens with zero attached hydrogens (tertiary/aromatic N) is 2. The molecule has 4 heteroatoms. The molecule has 0 radical (unpaired) electrons. The monoisotopic (exact) mass is 351 g/mol. The molecule has 26 heavy (non-hydrogen) atoms. The van der Waals surface area contributed by atoms with Crippen LogP contribution >= 0.6 is 0 Å². The predicted octanol–water partition coefficient (Wildman–Crippen LogP) is 4.09. The van der Waals surface area contributed by atoms with Crippen molar-refractivity contribution in [3.05, 3.63) is 59.7 Å². The summed E-state index contributed by atoms with van der Waals surface area (Å²) in [6.07, 6.45) is 1.09. The molecule has 2 aromatic carbocycles. The van der Waals surface area contributed by atoms with Gasteiger partial charge in [0.05, 0.1) is 0 Å². The van der Waals surface area contributed by atoms with Crippen LogP contribution in [0.2, 0.25) is 0 Å². The number of benzene rings is 2. The molecular formula is C22H29N3O. The number of fused-ring (bicyclic) bond motifs is 1. The van der Waals surface area contributed by atoms with E-state index in [4.69, 9.17) is 0 Å². The van der Waals surface area contributed by atoms with Gasteiger partial charge in [0.2, 0.25) is 5.91 Å². The molecule has 1 aliphatic heterocycles. The number of likely N-dealkylation sites (N-methyl/N-ethyl adjacent to an activating group) is 2. The van der Waals surface area contributed by atoms with Gasteiger partial charge >= 0.3 is 0 Å². The molecule has 0 aromatic heterocycles. The average Bonchev–Trinajstić information content (AvgIpc) is 3.08. The second-order valence-electron chi connectivity index (χ2n) is 6.70. The fourth-order valence-electron chi connectivity index (χ4n) is 3.81. The highest BCUT2D eigenvalue weighted by atomic mass is 16.2. The van der Waals surface area contributed by atoms with Crippen LogP contribution in [0.25, 0.3) is 0 Å². The normalized spacial score (nSPS) is 14.4. The fraction of sp³-hybridized carbons (Fsp3) is 0.409. The minimum Gasteiger partial charge on any atom is -0.371 e. The van der Waals surface area contributed by atoms with Crippen molar-refractivity contribution in [2.45, 2.75) is 33.2 Å². The van der Waals surface area contributed by atoms with Crippen LogP contribution in [0.5, 0.6) is 0 Å². The Bertz CT molecular complexity index is 740. The van der Waals surface area contributed by atoms with Crippen LogP contribution in [0, 0.1) is 0 Å². The Morgan fingerprint density at radius 1 is 1.12 bits per heavy atom. The van der Waals surface area contributed by atoms with Gasteiger partial charge in [-0.25, -0.2) is 0 Å². The van der Waals surface area contributed by atoms with Crippen molar-refractivity contribution >= 4 is 17.3 Å². The average molecular weight is 351 g/mol. The van der Waals surface area contributed by atoms with Crippen molar-refractivity contribution in [2.24, 2.45) is 0 Å². The summed E-state index contributed by atoms with van der Waals surface area (Å²) in [6.45, 7) is 10.1. The van der Waals surface area contributed by atoms with Crippen LogP contribution in [0.1, 0.15) is 37.9 Å². The van der Waals surface area contributed by atoms with Gasteiger partial charge in [-0.2, -0.15) is 0 Å². The van der Waals surface area contributed by atoms with Crippen molar-refractivity contribution in [2.75, 3.05) is 36.4 Å². The summed E-state index contributed by atoms with van der Waals surface area (Å²) in [4.78, 5) is 17.7. The van der Waals surface area contributed by atoms with Gasteiger partial charge in [-0.3, -0.25) is 9.69 Å². The van der Waals surface area contributed by atoms with Crippen molar-refractivity contribution in [3.8, 4) is 0 Å². The van der Waals surface area contributed by atoms with Crippen molar-refractivity contribution in [1.82, 2.24) is 4.90 Å². The molecule has 0 aliphatic carbocycles. The molecule has 0 saturated carbocycles. The lowest BCUT2D eigenvalue weighted by atomic mass is 10.0. The molecule has 1 unspecified atom stereocenters. The highest BCUT2D eigenvalue weighted by Crippen LogP contribution is 2.31. The summed E-state index contributed by atoms with van der Waals surface area (Å²) < 4.78 is 0. The van der Waals surface area contributed by atoms with Gasteiger partial charge < -0.3 is 10.2 Å². The van der Waals surface area contributed by atoms with Crippen molar-refractivity contribution < 1.29 is 4.79 Å². The maximum Gasteiger partial charge on any atom is 0.246 e. The molecule has 3 rings (SSSR count). The molecule has 1 aliphatic rings. The number of amides is 1. The lowest BCUT2D eigenvalue weighted by molar-refractivity contribution is -0.121. The van der Waals surface area contributed by atoms with E-state index in [-0.39, 0.29) is 11.9 Å². The van der Waals surface area contributed by atoms with Crippen molar-refractivity contribution in [1.29, 1.82) is 0 Å². The first kappa shape index (κ1) is 18.5. The first-order valence-corrected chi connectivity index (χ1v) is 9.65. The number of hydrogen-bond acceptors (Lipinski definition) is 3.